The lowest BCUT2D eigenvalue weighted by Crippen LogP contribution is -1.84. The minimum Gasteiger partial charge on any atom is -0.420 e. The monoisotopic (exact) mass is 377 g/mol. The maximum atomic E-state index is 5.92. The Morgan fingerprint density at radius 3 is 2.59 bits per heavy atom. The van der Waals surface area contributed by atoms with E-state index in [9.17, 15) is 0 Å². The van der Waals surface area contributed by atoms with Crippen LogP contribution < -0.4 is 0 Å². The van der Waals surface area contributed by atoms with E-state index < -0.39 is 0 Å². The molecule has 0 amide bonds. The van der Waals surface area contributed by atoms with E-state index in [1.807, 2.05) is 37.3 Å². The first-order valence-corrected chi connectivity index (χ1v) is 9.65. The molecule has 5 nitrogen and oxygen atoms in total. The normalized spacial score (nSPS) is 11.1. The van der Waals surface area contributed by atoms with E-state index in [-0.39, 0.29) is 0 Å². The van der Waals surface area contributed by atoms with Crippen molar-refractivity contribution < 1.29 is 8.94 Å². The molecule has 0 radical (unpaired) electrons. The fourth-order valence-corrected chi connectivity index (χ4v) is 3.79. The Bertz CT molecular complexity index is 1070. The van der Waals surface area contributed by atoms with Crippen LogP contribution in [0.15, 0.2) is 62.4 Å². The minimum atomic E-state index is 0.434. The van der Waals surface area contributed by atoms with Crippen molar-refractivity contribution in [2.24, 2.45) is 0 Å². The van der Waals surface area contributed by atoms with Crippen LogP contribution in [0.2, 0.25) is 0 Å². The fraction of sp³-hybridized carbons (Fsp3) is 0.190. The van der Waals surface area contributed by atoms with E-state index in [4.69, 9.17) is 8.94 Å². The predicted molar refractivity (Wildman–Crippen MR) is 105 cm³/mol. The van der Waals surface area contributed by atoms with Gasteiger partial charge in [0, 0.05) is 10.5 Å². The molecule has 0 spiro atoms. The molecule has 0 aliphatic carbocycles. The number of thioether (sulfide) groups is 1. The van der Waals surface area contributed by atoms with Crippen LogP contribution in [0.4, 0.5) is 0 Å². The van der Waals surface area contributed by atoms with Gasteiger partial charge in [-0.25, -0.2) is 0 Å². The molecule has 0 aliphatic rings. The van der Waals surface area contributed by atoms with Crippen molar-refractivity contribution >= 4 is 11.8 Å². The highest BCUT2D eigenvalue weighted by molar-refractivity contribution is 7.98. The molecule has 27 heavy (non-hydrogen) atoms. The quantitative estimate of drug-likeness (QED) is 0.421. The Kier molecular flexibility index (Phi) is 4.81. The maximum absolute atomic E-state index is 5.92. The van der Waals surface area contributed by atoms with Crippen molar-refractivity contribution in [3.05, 3.63) is 71.3 Å². The summed E-state index contributed by atoms with van der Waals surface area (Å²) in [4.78, 5) is 1.22. The van der Waals surface area contributed by atoms with E-state index in [2.05, 4.69) is 47.4 Å². The summed E-state index contributed by atoms with van der Waals surface area (Å²) in [6, 6.07) is 16.3. The Labute approximate surface area is 161 Å². The molecule has 2 aromatic heterocycles. The Morgan fingerprint density at radius 2 is 1.78 bits per heavy atom. The summed E-state index contributed by atoms with van der Waals surface area (Å²) in [5, 5.41) is 12.6. The van der Waals surface area contributed by atoms with Crippen LogP contribution >= 0.6 is 11.8 Å². The zero-order chi connectivity index (χ0) is 18.8. The van der Waals surface area contributed by atoms with E-state index >= 15 is 0 Å². The summed E-state index contributed by atoms with van der Waals surface area (Å²) in [6.07, 6.45) is 0. The van der Waals surface area contributed by atoms with Gasteiger partial charge >= 0.3 is 0 Å². The smallest absolute Gasteiger partial charge is 0.253 e. The lowest BCUT2D eigenvalue weighted by atomic mass is 10.1. The highest BCUT2D eigenvalue weighted by atomic mass is 32.2. The van der Waals surface area contributed by atoms with Crippen LogP contribution in [0, 0.1) is 20.8 Å². The Morgan fingerprint density at radius 1 is 0.963 bits per heavy atom. The second kappa shape index (κ2) is 7.40. The van der Waals surface area contributed by atoms with E-state index in [1.54, 1.807) is 11.8 Å². The standard InChI is InChI=1S/C21H19N3O2S/c1-13-9-10-14(2)17(11-13)27-12-18-22-23-21(25-18)19-15(3)26-24-20(19)16-7-5-4-6-8-16/h4-11H,12H2,1-3H3. The highest BCUT2D eigenvalue weighted by Gasteiger charge is 2.21. The molecule has 0 aliphatic heterocycles. The molecular formula is C21H19N3O2S. The predicted octanol–water partition coefficient (Wildman–Crippen LogP) is 5.61. The average Bonchev–Trinajstić information content (AvgIpc) is 3.29. The highest BCUT2D eigenvalue weighted by Crippen LogP contribution is 2.34. The molecule has 0 fully saturated rings. The molecule has 6 heteroatoms. The van der Waals surface area contributed by atoms with Crippen molar-refractivity contribution in [3.63, 3.8) is 0 Å². The van der Waals surface area contributed by atoms with Gasteiger partial charge < -0.3 is 8.94 Å². The summed E-state index contributed by atoms with van der Waals surface area (Å²) in [7, 11) is 0. The number of aromatic nitrogens is 3. The van der Waals surface area contributed by atoms with E-state index in [1.165, 1.54) is 16.0 Å². The van der Waals surface area contributed by atoms with Crippen molar-refractivity contribution in [1.82, 2.24) is 15.4 Å². The van der Waals surface area contributed by atoms with Crippen molar-refractivity contribution in [3.8, 4) is 22.7 Å². The molecule has 2 aromatic carbocycles. The van der Waals surface area contributed by atoms with Crippen molar-refractivity contribution in [2.45, 2.75) is 31.4 Å². The van der Waals surface area contributed by atoms with E-state index in [0.29, 0.717) is 29.0 Å². The number of hydrogen-bond donors (Lipinski definition) is 0. The first-order valence-electron chi connectivity index (χ1n) is 8.66. The topological polar surface area (TPSA) is 65.0 Å². The average molecular weight is 377 g/mol. The van der Waals surface area contributed by atoms with Gasteiger partial charge in [-0.3, -0.25) is 0 Å². The number of benzene rings is 2. The molecule has 0 saturated carbocycles. The van der Waals surface area contributed by atoms with Crippen LogP contribution in [-0.2, 0) is 5.75 Å². The van der Waals surface area contributed by atoms with Crippen LogP contribution in [0.5, 0.6) is 0 Å². The van der Waals surface area contributed by atoms with Crippen molar-refractivity contribution in [2.75, 3.05) is 0 Å². The molecule has 0 saturated heterocycles. The van der Waals surface area contributed by atoms with Gasteiger partial charge in [0.15, 0.2) is 0 Å². The van der Waals surface area contributed by atoms with Crippen molar-refractivity contribution in [1.29, 1.82) is 0 Å². The fourth-order valence-electron chi connectivity index (χ4n) is 2.83. The molecule has 0 unspecified atom stereocenters. The van der Waals surface area contributed by atoms with Gasteiger partial charge in [-0.2, -0.15) is 0 Å². The molecular weight excluding hydrogens is 358 g/mol. The molecule has 4 rings (SSSR count). The van der Waals surface area contributed by atoms with Crippen LogP contribution in [0.3, 0.4) is 0 Å². The summed E-state index contributed by atoms with van der Waals surface area (Å²) in [5.74, 6) is 2.29. The number of hydrogen-bond acceptors (Lipinski definition) is 6. The van der Waals surface area contributed by atoms with Crippen LogP contribution in [-0.4, -0.2) is 15.4 Å². The summed E-state index contributed by atoms with van der Waals surface area (Å²) in [5.41, 5.74) is 4.89. The number of aryl methyl sites for hydroxylation is 3. The second-order valence-electron chi connectivity index (χ2n) is 6.39. The zero-order valence-corrected chi connectivity index (χ0v) is 16.2. The largest absolute Gasteiger partial charge is 0.420 e. The zero-order valence-electron chi connectivity index (χ0n) is 15.4. The first kappa shape index (κ1) is 17.5. The lowest BCUT2D eigenvalue weighted by Gasteiger charge is -2.04. The third-order valence-electron chi connectivity index (χ3n) is 4.29. The number of nitrogens with zero attached hydrogens (tertiary/aromatic N) is 3. The first-order chi connectivity index (χ1) is 13.1. The Balaban J connectivity index is 1.59. The van der Waals surface area contributed by atoms with E-state index in [0.717, 1.165) is 11.1 Å². The van der Waals surface area contributed by atoms with Crippen LogP contribution in [0.1, 0.15) is 22.8 Å². The molecule has 2 heterocycles. The van der Waals surface area contributed by atoms with Crippen LogP contribution in [0.25, 0.3) is 22.7 Å². The molecule has 0 N–H and O–H groups in total. The number of rotatable bonds is 5. The van der Waals surface area contributed by atoms with Gasteiger partial charge in [0.2, 0.25) is 5.89 Å². The molecule has 0 bridgehead atoms. The van der Waals surface area contributed by atoms with Gasteiger partial charge in [0.25, 0.3) is 5.89 Å². The molecule has 136 valence electrons. The SMILES string of the molecule is Cc1ccc(C)c(SCc2nnc(-c3c(-c4ccccc4)noc3C)o2)c1. The van der Waals surface area contributed by atoms with Gasteiger partial charge in [0.1, 0.15) is 17.0 Å². The van der Waals surface area contributed by atoms with Gasteiger partial charge in [-0.05, 0) is 32.4 Å². The summed E-state index contributed by atoms with van der Waals surface area (Å²) >= 11 is 1.69. The summed E-state index contributed by atoms with van der Waals surface area (Å²) in [6.45, 7) is 6.05. The maximum Gasteiger partial charge on any atom is 0.253 e. The minimum absolute atomic E-state index is 0.434. The second-order valence-corrected chi connectivity index (χ2v) is 7.40. The Hall–Kier alpha value is -2.86. The van der Waals surface area contributed by atoms with Gasteiger partial charge in [-0.15, -0.1) is 22.0 Å². The third kappa shape index (κ3) is 3.66. The molecule has 4 aromatic rings. The lowest BCUT2D eigenvalue weighted by molar-refractivity contribution is 0.399. The summed E-state index contributed by atoms with van der Waals surface area (Å²) < 4.78 is 11.3. The van der Waals surface area contributed by atoms with Gasteiger partial charge in [-0.1, -0.05) is 53.2 Å². The molecule has 0 atom stereocenters. The third-order valence-corrected chi connectivity index (χ3v) is 5.43. The van der Waals surface area contributed by atoms with Gasteiger partial charge in [0.05, 0.1) is 5.75 Å².